The number of aromatic nitrogens is 2. The first kappa shape index (κ1) is 16.9. The molecule has 128 valence electrons. The Morgan fingerprint density at radius 1 is 1.38 bits per heavy atom. The third-order valence-corrected chi connectivity index (χ3v) is 5.39. The third kappa shape index (κ3) is 3.27. The Balaban J connectivity index is 1.77. The van der Waals surface area contributed by atoms with Gasteiger partial charge in [0.25, 0.3) is 0 Å². The minimum absolute atomic E-state index is 0.0989. The number of benzene rings is 1. The fourth-order valence-electron chi connectivity index (χ4n) is 2.83. The molecule has 0 aliphatic carbocycles. The Hall–Kier alpha value is -1.99. The van der Waals surface area contributed by atoms with Crippen molar-refractivity contribution in [2.75, 3.05) is 18.5 Å². The van der Waals surface area contributed by atoms with Crippen LogP contribution in [-0.4, -0.2) is 39.4 Å². The molecule has 0 saturated carbocycles. The molecule has 1 aromatic heterocycles. The Labute approximate surface area is 145 Å². The lowest BCUT2D eigenvalue weighted by Crippen LogP contribution is -2.43. The molecule has 1 aliphatic rings. The molecule has 3 rings (SSSR count). The molecule has 7 heteroatoms. The number of carbonyl (C=O) groups excluding carboxylic acids is 1. The highest BCUT2D eigenvalue weighted by Gasteiger charge is 2.31. The van der Waals surface area contributed by atoms with Gasteiger partial charge < -0.3 is 10.0 Å². The van der Waals surface area contributed by atoms with E-state index in [-0.39, 0.29) is 24.1 Å². The quantitative estimate of drug-likeness (QED) is 0.876. The van der Waals surface area contributed by atoms with Crippen LogP contribution >= 0.6 is 11.3 Å². The van der Waals surface area contributed by atoms with E-state index in [1.165, 1.54) is 16.9 Å². The van der Waals surface area contributed by atoms with Gasteiger partial charge in [0.1, 0.15) is 5.01 Å². The van der Waals surface area contributed by atoms with E-state index < -0.39 is 0 Å². The Bertz CT molecular complexity index is 738. The fourth-order valence-corrected chi connectivity index (χ4v) is 3.62. The van der Waals surface area contributed by atoms with Crippen molar-refractivity contribution in [3.63, 3.8) is 0 Å². The summed E-state index contributed by atoms with van der Waals surface area (Å²) in [5.41, 5.74) is 2.10. The molecule has 0 radical (unpaired) electrons. The van der Waals surface area contributed by atoms with Crippen LogP contribution in [0.1, 0.15) is 42.9 Å². The number of hydrogen-bond acceptors (Lipinski definition) is 5. The second-order valence-corrected chi connectivity index (χ2v) is 7.91. The first-order chi connectivity index (χ1) is 11.4. The largest absolute Gasteiger partial charge is 0.394 e. The average molecular weight is 346 g/mol. The Kier molecular flexibility index (Phi) is 4.56. The van der Waals surface area contributed by atoms with E-state index in [0.717, 1.165) is 17.0 Å². The molecule has 0 spiro atoms. The molecule has 1 aliphatic heterocycles. The van der Waals surface area contributed by atoms with Crippen LogP contribution in [0, 0.1) is 0 Å². The van der Waals surface area contributed by atoms with Crippen molar-refractivity contribution in [1.82, 2.24) is 15.1 Å². The van der Waals surface area contributed by atoms with Gasteiger partial charge in [-0.15, -0.1) is 10.2 Å². The van der Waals surface area contributed by atoms with Gasteiger partial charge in [-0.2, -0.15) is 0 Å². The highest BCUT2D eigenvalue weighted by molar-refractivity contribution is 7.15. The zero-order valence-electron chi connectivity index (χ0n) is 14.1. The van der Waals surface area contributed by atoms with E-state index in [1.54, 1.807) is 4.90 Å². The number of aliphatic hydroxyl groups is 1. The minimum Gasteiger partial charge on any atom is -0.394 e. The SMILES string of the molecule is CC(C)(C)c1nnc(NC(=O)N2CCc3ccccc3C2CO)s1. The summed E-state index contributed by atoms with van der Waals surface area (Å²) in [4.78, 5) is 14.3. The van der Waals surface area contributed by atoms with Gasteiger partial charge in [0.05, 0.1) is 12.6 Å². The number of amides is 2. The van der Waals surface area contributed by atoms with Crippen LogP contribution in [0.15, 0.2) is 24.3 Å². The summed E-state index contributed by atoms with van der Waals surface area (Å²) in [6.07, 6.45) is 0.781. The van der Waals surface area contributed by atoms with Gasteiger partial charge in [0.15, 0.2) is 0 Å². The van der Waals surface area contributed by atoms with Gasteiger partial charge in [-0.25, -0.2) is 4.79 Å². The van der Waals surface area contributed by atoms with Gasteiger partial charge in [-0.3, -0.25) is 5.32 Å². The fraction of sp³-hybridized carbons (Fsp3) is 0.471. The number of urea groups is 1. The van der Waals surface area contributed by atoms with Crippen molar-refractivity contribution in [1.29, 1.82) is 0 Å². The molecule has 0 fully saturated rings. The third-order valence-electron chi connectivity index (χ3n) is 4.13. The molecule has 2 aromatic rings. The average Bonchev–Trinajstić information content (AvgIpc) is 3.02. The molecule has 1 aromatic carbocycles. The van der Waals surface area contributed by atoms with Crippen LogP contribution in [0.5, 0.6) is 0 Å². The molecule has 24 heavy (non-hydrogen) atoms. The highest BCUT2D eigenvalue weighted by atomic mass is 32.1. The van der Waals surface area contributed by atoms with Crippen molar-refractivity contribution in [2.24, 2.45) is 0 Å². The first-order valence-corrected chi connectivity index (χ1v) is 8.82. The zero-order chi connectivity index (χ0) is 17.3. The number of carbonyl (C=O) groups is 1. The van der Waals surface area contributed by atoms with E-state index in [4.69, 9.17) is 0 Å². The molecule has 0 saturated heterocycles. The normalized spacial score (nSPS) is 17.5. The van der Waals surface area contributed by atoms with Crippen LogP contribution in [0.25, 0.3) is 0 Å². The van der Waals surface area contributed by atoms with Crippen molar-refractivity contribution in [2.45, 2.75) is 38.6 Å². The van der Waals surface area contributed by atoms with E-state index in [0.29, 0.717) is 11.7 Å². The van der Waals surface area contributed by atoms with Crippen LogP contribution in [0.3, 0.4) is 0 Å². The number of hydrogen-bond donors (Lipinski definition) is 2. The first-order valence-electron chi connectivity index (χ1n) is 8.00. The van der Waals surface area contributed by atoms with Crippen molar-refractivity contribution >= 4 is 22.5 Å². The zero-order valence-corrected chi connectivity index (χ0v) is 14.9. The summed E-state index contributed by atoms with van der Waals surface area (Å²) in [7, 11) is 0. The van der Waals surface area contributed by atoms with Crippen LogP contribution in [0.2, 0.25) is 0 Å². The van der Waals surface area contributed by atoms with Gasteiger partial charge in [-0.05, 0) is 17.5 Å². The van der Waals surface area contributed by atoms with E-state index in [1.807, 2.05) is 24.3 Å². The standard InChI is InChI=1S/C17H22N4O2S/c1-17(2,3)14-19-20-15(24-14)18-16(23)21-9-8-11-6-4-5-7-12(11)13(21)10-22/h4-7,13,22H,8-10H2,1-3H3,(H,18,20,23). The highest BCUT2D eigenvalue weighted by Crippen LogP contribution is 2.31. The molecule has 2 heterocycles. The van der Waals surface area contributed by atoms with E-state index in [2.05, 4.69) is 36.3 Å². The van der Waals surface area contributed by atoms with Crippen molar-refractivity contribution in [3.8, 4) is 0 Å². The Morgan fingerprint density at radius 3 is 2.79 bits per heavy atom. The summed E-state index contributed by atoms with van der Waals surface area (Å²) >= 11 is 1.38. The molecule has 2 N–H and O–H groups in total. The number of nitrogens with one attached hydrogen (secondary N) is 1. The second kappa shape index (κ2) is 6.49. The maximum atomic E-state index is 12.6. The summed E-state index contributed by atoms with van der Waals surface area (Å²) in [6, 6.07) is 7.36. The van der Waals surface area contributed by atoms with Crippen LogP contribution < -0.4 is 5.32 Å². The predicted molar refractivity (Wildman–Crippen MR) is 94.3 cm³/mol. The number of aliphatic hydroxyl groups excluding tert-OH is 1. The summed E-state index contributed by atoms with van der Waals surface area (Å²) in [6.45, 7) is 6.64. The smallest absolute Gasteiger partial charge is 0.324 e. The van der Waals surface area contributed by atoms with Gasteiger partial charge in [-0.1, -0.05) is 56.4 Å². The monoisotopic (exact) mass is 346 g/mol. The second-order valence-electron chi connectivity index (χ2n) is 6.93. The topological polar surface area (TPSA) is 78.4 Å². The van der Waals surface area contributed by atoms with Crippen LogP contribution in [0.4, 0.5) is 9.93 Å². The van der Waals surface area contributed by atoms with Crippen LogP contribution in [-0.2, 0) is 11.8 Å². The van der Waals surface area contributed by atoms with E-state index >= 15 is 0 Å². The molecule has 1 unspecified atom stereocenters. The molecule has 0 bridgehead atoms. The number of fused-ring (bicyclic) bond motifs is 1. The lowest BCUT2D eigenvalue weighted by atomic mass is 9.93. The lowest BCUT2D eigenvalue weighted by Gasteiger charge is -2.36. The van der Waals surface area contributed by atoms with Gasteiger partial charge in [0.2, 0.25) is 5.13 Å². The molecule has 6 nitrogen and oxygen atoms in total. The number of anilines is 1. The maximum absolute atomic E-state index is 12.6. The Morgan fingerprint density at radius 2 is 2.12 bits per heavy atom. The summed E-state index contributed by atoms with van der Waals surface area (Å²) < 4.78 is 0. The molecular weight excluding hydrogens is 324 g/mol. The van der Waals surface area contributed by atoms with Gasteiger partial charge >= 0.3 is 6.03 Å². The number of nitrogens with zero attached hydrogens (tertiary/aromatic N) is 3. The predicted octanol–water partition coefficient (Wildman–Crippen LogP) is 2.96. The summed E-state index contributed by atoms with van der Waals surface area (Å²) in [5, 5.41) is 22.2. The molecule has 2 amide bonds. The van der Waals surface area contributed by atoms with Crippen molar-refractivity contribution < 1.29 is 9.90 Å². The lowest BCUT2D eigenvalue weighted by molar-refractivity contribution is 0.135. The van der Waals surface area contributed by atoms with Gasteiger partial charge in [0, 0.05) is 12.0 Å². The maximum Gasteiger partial charge on any atom is 0.324 e. The number of rotatable bonds is 2. The molecular formula is C17H22N4O2S. The van der Waals surface area contributed by atoms with Crippen molar-refractivity contribution in [3.05, 3.63) is 40.4 Å². The van der Waals surface area contributed by atoms with E-state index in [9.17, 15) is 9.90 Å². The summed E-state index contributed by atoms with van der Waals surface area (Å²) in [5.74, 6) is 0. The molecule has 1 atom stereocenters. The minimum atomic E-state index is -0.329.